The molecule has 0 fully saturated rings. The van der Waals surface area contributed by atoms with E-state index < -0.39 is 26.1 Å². The first-order valence-corrected chi connectivity index (χ1v) is 5.80. The molecule has 14 heavy (non-hydrogen) atoms. The van der Waals surface area contributed by atoms with Gasteiger partial charge in [0.25, 0.3) is 10.1 Å². The molecule has 0 aliphatic rings. The molecule has 8 heteroatoms. The number of rotatable bonds is 2. The normalized spacial score (nSPS) is 13.9. The highest BCUT2D eigenvalue weighted by Crippen LogP contribution is 2.19. The Kier molecular flexibility index (Phi) is 2.90. The summed E-state index contributed by atoms with van der Waals surface area (Å²) in [4.78, 5) is -0.651. The monoisotopic (exact) mass is 236 g/mol. The largest absolute Gasteiger partial charge is 0.768 e. The average Bonchev–Trinajstić information content (AvgIpc) is 2.01. The van der Waals surface area contributed by atoms with Crippen LogP contribution in [-0.4, -0.2) is 21.7 Å². The van der Waals surface area contributed by atoms with Crippen LogP contribution >= 0.6 is 0 Å². The van der Waals surface area contributed by atoms with E-state index in [2.05, 4.69) is 0 Å². The number of anilines is 1. The van der Waals surface area contributed by atoms with Crippen LogP contribution in [0.2, 0.25) is 0 Å². The lowest BCUT2D eigenvalue weighted by molar-refractivity contribution is 0.483. The van der Waals surface area contributed by atoms with Crippen molar-refractivity contribution in [1.82, 2.24) is 0 Å². The number of benzene rings is 1. The summed E-state index contributed by atoms with van der Waals surface area (Å²) in [6.07, 6.45) is 0. The van der Waals surface area contributed by atoms with Gasteiger partial charge in [-0.05, 0) is 29.3 Å². The van der Waals surface area contributed by atoms with Crippen LogP contribution in [0.3, 0.4) is 0 Å². The third-order valence-corrected chi connectivity index (χ3v) is 3.04. The van der Waals surface area contributed by atoms with Gasteiger partial charge in [-0.1, -0.05) is 0 Å². The van der Waals surface area contributed by atoms with E-state index in [1.54, 1.807) is 0 Å². The van der Waals surface area contributed by atoms with Crippen molar-refractivity contribution >= 4 is 26.9 Å². The van der Waals surface area contributed by atoms with Gasteiger partial charge < -0.3 is 10.3 Å². The number of hydrogen-bond donors (Lipinski definition) is 2. The van der Waals surface area contributed by atoms with Crippen LogP contribution in [-0.2, 0) is 21.2 Å². The molecule has 1 atom stereocenters. The van der Waals surface area contributed by atoms with Crippen LogP contribution in [0.25, 0.3) is 0 Å². The molecule has 78 valence electrons. The van der Waals surface area contributed by atoms with Gasteiger partial charge in [-0.15, -0.1) is 0 Å². The molecule has 1 aromatic rings. The van der Waals surface area contributed by atoms with Gasteiger partial charge in [0.1, 0.15) is 0 Å². The molecule has 0 amide bonds. The maximum absolute atomic E-state index is 10.6. The summed E-state index contributed by atoms with van der Waals surface area (Å²) in [6.45, 7) is 0. The number of hydrogen-bond acceptors (Lipinski definition) is 5. The minimum absolute atomic E-state index is 0.211. The minimum Gasteiger partial charge on any atom is -0.768 e. The van der Waals surface area contributed by atoms with E-state index in [0.29, 0.717) is 0 Å². The summed E-state index contributed by atoms with van der Waals surface area (Å²) in [6, 6.07) is 2.83. The zero-order valence-corrected chi connectivity index (χ0v) is 8.34. The molecule has 0 spiro atoms. The second-order valence-electron chi connectivity index (χ2n) is 2.41. The fourth-order valence-electron chi connectivity index (χ4n) is 0.839. The van der Waals surface area contributed by atoms with Crippen LogP contribution in [0.15, 0.2) is 28.0 Å². The van der Waals surface area contributed by atoms with Crippen molar-refractivity contribution in [2.45, 2.75) is 9.79 Å². The molecule has 0 saturated carbocycles. The molecule has 0 aliphatic heterocycles. The fourth-order valence-corrected chi connectivity index (χ4v) is 1.79. The molecule has 3 N–H and O–H groups in total. The first-order valence-electron chi connectivity index (χ1n) is 3.28. The quantitative estimate of drug-likeness (QED) is 0.415. The van der Waals surface area contributed by atoms with Gasteiger partial charge in [-0.2, -0.15) is 8.42 Å². The number of nitrogen functional groups attached to an aromatic ring is 1. The summed E-state index contributed by atoms with van der Waals surface area (Å²) >= 11 is -2.53. The molecule has 0 radical (unpaired) electrons. The summed E-state index contributed by atoms with van der Waals surface area (Å²) < 4.78 is 50.8. The Bertz CT molecular complexity index is 481. The fraction of sp³-hybridized carbons (Fsp3) is 0. The average molecular weight is 236 g/mol. The predicted octanol–water partition coefficient (Wildman–Crippen LogP) is -0.246. The summed E-state index contributed by atoms with van der Waals surface area (Å²) in [7, 11) is -4.35. The van der Waals surface area contributed by atoms with Gasteiger partial charge in [-0.3, -0.25) is 8.76 Å². The van der Waals surface area contributed by atoms with Crippen molar-refractivity contribution in [3.63, 3.8) is 0 Å². The Balaban J connectivity index is 3.34. The van der Waals surface area contributed by atoms with Gasteiger partial charge in [0.2, 0.25) is 0 Å². The molecule has 0 aromatic heterocycles. The van der Waals surface area contributed by atoms with Crippen molar-refractivity contribution in [3.05, 3.63) is 18.2 Å². The van der Waals surface area contributed by atoms with Crippen LogP contribution in [0.5, 0.6) is 0 Å². The molecular formula is C6H6NO5S2-. The zero-order chi connectivity index (χ0) is 10.9. The van der Waals surface area contributed by atoms with E-state index in [4.69, 9.17) is 10.3 Å². The van der Waals surface area contributed by atoms with Gasteiger partial charge >= 0.3 is 0 Å². The highest BCUT2D eigenvalue weighted by Gasteiger charge is 2.11. The lowest BCUT2D eigenvalue weighted by Crippen LogP contribution is -2.02. The SMILES string of the molecule is Nc1cc(S(=O)(=O)O)ccc1S(=O)[O-]. The van der Waals surface area contributed by atoms with Gasteiger partial charge in [0.05, 0.1) is 4.90 Å². The standard InChI is InChI=1S/C6H7NO5S2/c7-5-3-4(14(10,11)12)1-2-6(5)13(8)9/h1-3H,7H2,(H,8,9)(H,10,11,12)/p-1. The maximum atomic E-state index is 10.6. The lowest BCUT2D eigenvalue weighted by atomic mass is 10.3. The molecule has 0 bridgehead atoms. The van der Waals surface area contributed by atoms with E-state index in [1.165, 1.54) is 0 Å². The van der Waals surface area contributed by atoms with Crippen molar-refractivity contribution < 1.29 is 21.7 Å². The van der Waals surface area contributed by atoms with Crippen LogP contribution in [0.4, 0.5) is 5.69 Å². The maximum Gasteiger partial charge on any atom is 0.294 e. The smallest absolute Gasteiger partial charge is 0.294 e. The topological polar surface area (TPSA) is 121 Å². The third kappa shape index (κ3) is 2.29. The summed E-state index contributed by atoms with van der Waals surface area (Å²) in [5, 5.41) is 0. The Morgan fingerprint density at radius 3 is 2.36 bits per heavy atom. The van der Waals surface area contributed by atoms with Gasteiger partial charge in [-0.25, -0.2) is 0 Å². The molecule has 1 aromatic carbocycles. The molecule has 6 nitrogen and oxygen atoms in total. The number of nitrogens with two attached hydrogens (primary N) is 1. The predicted molar refractivity (Wildman–Crippen MR) is 47.9 cm³/mol. The molecule has 1 rings (SSSR count). The van der Waals surface area contributed by atoms with Crippen molar-refractivity contribution in [3.8, 4) is 0 Å². The lowest BCUT2D eigenvalue weighted by Gasteiger charge is -2.08. The molecule has 0 saturated heterocycles. The van der Waals surface area contributed by atoms with Crippen LogP contribution in [0, 0.1) is 0 Å². The minimum atomic E-state index is -4.35. The van der Waals surface area contributed by atoms with Gasteiger partial charge in [0.15, 0.2) is 0 Å². The Hall–Kier alpha value is -0.960. The first-order chi connectivity index (χ1) is 6.32. The second kappa shape index (κ2) is 3.65. The molecule has 1 unspecified atom stereocenters. The van der Waals surface area contributed by atoms with Crippen LogP contribution < -0.4 is 5.73 Å². The molecule has 0 heterocycles. The van der Waals surface area contributed by atoms with Crippen molar-refractivity contribution in [1.29, 1.82) is 0 Å². The van der Waals surface area contributed by atoms with Crippen LogP contribution in [0.1, 0.15) is 0 Å². The third-order valence-electron chi connectivity index (χ3n) is 1.46. The summed E-state index contributed by atoms with van der Waals surface area (Å²) in [5.74, 6) is 0. The highest BCUT2D eigenvalue weighted by atomic mass is 32.2. The van der Waals surface area contributed by atoms with E-state index in [9.17, 15) is 17.2 Å². The van der Waals surface area contributed by atoms with Gasteiger partial charge in [0, 0.05) is 10.6 Å². The molecular weight excluding hydrogens is 230 g/mol. The Morgan fingerprint density at radius 2 is 2.00 bits per heavy atom. The van der Waals surface area contributed by atoms with E-state index in [-0.39, 0.29) is 10.6 Å². The highest BCUT2D eigenvalue weighted by molar-refractivity contribution is 7.85. The Labute approximate surface area is 82.8 Å². The second-order valence-corrected chi connectivity index (χ2v) is 4.74. The van der Waals surface area contributed by atoms with Crippen molar-refractivity contribution in [2.24, 2.45) is 0 Å². The van der Waals surface area contributed by atoms with E-state index in [1.807, 2.05) is 0 Å². The Morgan fingerprint density at radius 1 is 1.43 bits per heavy atom. The first kappa shape index (κ1) is 11.1. The zero-order valence-electron chi connectivity index (χ0n) is 6.71. The van der Waals surface area contributed by atoms with E-state index >= 15 is 0 Å². The van der Waals surface area contributed by atoms with Crippen molar-refractivity contribution in [2.75, 3.05) is 5.73 Å². The van der Waals surface area contributed by atoms with E-state index in [0.717, 1.165) is 18.2 Å². The molecule has 0 aliphatic carbocycles. The summed E-state index contributed by atoms with van der Waals surface area (Å²) in [5.41, 5.74) is 5.02.